The van der Waals surface area contributed by atoms with E-state index in [4.69, 9.17) is 9.47 Å². The predicted octanol–water partition coefficient (Wildman–Crippen LogP) is 3.42. The van der Waals surface area contributed by atoms with Crippen LogP contribution in [-0.2, 0) is 9.53 Å². The van der Waals surface area contributed by atoms with E-state index in [1.165, 1.54) is 14.2 Å². The fraction of sp³-hybridized carbons (Fsp3) is 0.111. The van der Waals surface area contributed by atoms with Gasteiger partial charge < -0.3 is 9.47 Å². The monoisotopic (exact) mass is 293 g/mol. The summed E-state index contributed by atoms with van der Waals surface area (Å²) in [6.45, 7) is 3.81. The molecule has 0 saturated heterocycles. The second-order valence-corrected chi connectivity index (χ2v) is 4.51. The molecule has 0 aliphatic heterocycles. The van der Waals surface area contributed by atoms with E-state index >= 15 is 0 Å². The van der Waals surface area contributed by atoms with E-state index in [-0.39, 0.29) is 5.57 Å². The lowest BCUT2D eigenvalue weighted by Crippen LogP contribution is -2.06. The zero-order valence-electron chi connectivity index (χ0n) is 12.4. The molecule has 0 saturated carbocycles. The number of carbonyl (C=O) groups is 1. The average molecular weight is 293 g/mol. The molecule has 2 aromatic rings. The Hall–Kier alpha value is -3.06. The molecule has 110 valence electrons. The van der Waals surface area contributed by atoms with E-state index in [1.807, 2.05) is 18.2 Å². The summed E-state index contributed by atoms with van der Waals surface area (Å²) in [5, 5.41) is 9.30. The van der Waals surface area contributed by atoms with Crippen molar-refractivity contribution in [3.05, 3.63) is 60.2 Å². The topological polar surface area (TPSA) is 59.3 Å². The number of benzene rings is 2. The van der Waals surface area contributed by atoms with Crippen molar-refractivity contribution in [1.29, 1.82) is 5.26 Å². The Balaban J connectivity index is 2.75. The summed E-state index contributed by atoms with van der Waals surface area (Å²) in [5.41, 5.74) is 2.63. The first kappa shape index (κ1) is 15.3. The van der Waals surface area contributed by atoms with Crippen molar-refractivity contribution < 1.29 is 14.3 Å². The van der Waals surface area contributed by atoms with Gasteiger partial charge in [0.25, 0.3) is 0 Å². The van der Waals surface area contributed by atoms with Gasteiger partial charge in [0.2, 0.25) is 0 Å². The third kappa shape index (κ3) is 2.70. The summed E-state index contributed by atoms with van der Waals surface area (Å²) in [6.07, 6.45) is 0. The van der Waals surface area contributed by atoms with E-state index in [1.54, 1.807) is 24.3 Å². The van der Waals surface area contributed by atoms with Crippen LogP contribution in [0.2, 0.25) is 0 Å². The fourth-order valence-electron chi connectivity index (χ4n) is 2.28. The van der Waals surface area contributed by atoms with Crippen molar-refractivity contribution in [2.75, 3.05) is 14.2 Å². The van der Waals surface area contributed by atoms with Gasteiger partial charge in [-0.25, -0.2) is 4.79 Å². The number of rotatable bonds is 4. The number of carbonyl (C=O) groups excluding carboxylic acids is 1. The standard InChI is InChI=1S/C18H15NO3/c1-12(18(20)22-3)17-15(9-6-10-16(17)21-2)14-8-5-4-7-13(14)11-19/h4-10H,1H2,2-3H3. The van der Waals surface area contributed by atoms with Gasteiger partial charge in [-0.15, -0.1) is 0 Å². The van der Waals surface area contributed by atoms with Crippen LogP contribution in [0.1, 0.15) is 11.1 Å². The Kier molecular flexibility index (Phi) is 4.60. The Morgan fingerprint density at radius 2 is 1.77 bits per heavy atom. The van der Waals surface area contributed by atoms with Crippen LogP contribution in [0.15, 0.2) is 49.0 Å². The van der Waals surface area contributed by atoms with Gasteiger partial charge in [0.05, 0.1) is 31.4 Å². The van der Waals surface area contributed by atoms with Crippen LogP contribution in [0.4, 0.5) is 0 Å². The molecule has 22 heavy (non-hydrogen) atoms. The number of hydrogen-bond acceptors (Lipinski definition) is 4. The quantitative estimate of drug-likeness (QED) is 0.640. The highest BCUT2D eigenvalue weighted by Crippen LogP contribution is 2.37. The molecule has 0 aromatic heterocycles. The van der Waals surface area contributed by atoms with Crippen molar-refractivity contribution in [2.45, 2.75) is 0 Å². The largest absolute Gasteiger partial charge is 0.496 e. The van der Waals surface area contributed by atoms with Gasteiger partial charge in [-0.1, -0.05) is 36.9 Å². The van der Waals surface area contributed by atoms with Crippen LogP contribution in [0.25, 0.3) is 16.7 Å². The molecule has 0 atom stereocenters. The number of esters is 1. The summed E-state index contributed by atoms with van der Waals surface area (Å²) < 4.78 is 10.1. The van der Waals surface area contributed by atoms with Crippen LogP contribution in [0.3, 0.4) is 0 Å². The van der Waals surface area contributed by atoms with E-state index in [0.29, 0.717) is 28.0 Å². The Labute approximate surface area is 129 Å². The van der Waals surface area contributed by atoms with Gasteiger partial charge in [-0.2, -0.15) is 5.26 Å². The van der Waals surface area contributed by atoms with E-state index in [9.17, 15) is 10.1 Å². The van der Waals surface area contributed by atoms with Crippen LogP contribution in [0.5, 0.6) is 5.75 Å². The van der Waals surface area contributed by atoms with Gasteiger partial charge in [0.1, 0.15) is 5.75 Å². The highest BCUT2D eigenvalue weighted by Gasteiger charge is 2.20. The number of nitrogens with zero attached hydrogens (tertiary/aromatic N) is 1. The van der Waals surface area contributed by atoms with Crippen LogP contribution < -0.4 is 4.74 Å². The van der Waals surface area contributed by atoms with Crippen molar-refractivity contribution in [1.82, 2.24) is 0 Å². The second-order valence-electron chi connectivity index (χ2n) is 4.51. The molecule has 0 aliphatic rings. The van der Waals surface area contributed by atoms with Gasteiger partial charge in [-0.3, -0.25) is 0 Å². The summed E-state index contributed by atoms with van der Waals surface area (Å²) in [5.74, 6) is -0.0409. The molecule has 0 aliphatic carbocycles. The summed E-state index contributed by atoms with van der Waals surface area (Å²) >= 11 is 0. The molecule has 2 rings (SSSR count). The maximum Gasteiger partial charge on any atom is 0.338 e. The molecule has 0 heterocycles. The number of nitriles is 1. The lowest BCUT2D eigenvalue weighted by atomic mass is 9.92. The lowest BCUT2D eigenvalue weighted by molar-refractivity contribution is -0.133. The van der Waals surface area contributed by atoms with E-state index < -0.39 is 5.97 Å². The Morgan fingerprint density at radius 3 is 2.41 bits per heavy atom. The first-order valence-corrected chi connectivity index (χ1v) is 6.58. The molecular weight excluding hydrogens is 278 g/mol. The minimum Gasteiger partial charge on any atom is -0.496 e. The maximum atomic E-state index is 11.9. The van der Waals surface area contributed by atoms with Crippen LogP contribution >= 0.6 is 0 Å². The van der Waals surface area contributed by atoms with Crippen LogP contribution in [-0.4, -0.2) is 20.2 Å². The molecule has 4 nitrogen and oxygen atoms in total. The van der Waals surface area contributed by atoms with E-state index in [2.05, 4.69) is 12.6 Å². The summed E-state index contributed by atoms with van der Waals surface area (Å²) in [6, 6.07) is 14.7. The SMILES string of the molecule is C=C(C(=O)OC)c1c(OC)cccc1-c1ccccc1C#N. The Morgan fingerprint density at radius 1 is 1.09 bits per heavy atom. The predicted molar refractivity (Wildman–Crippen MR) is 84.2 cm³/mol. The number of methoxy groups -OCH3 is 2. The minimum atomic E-state index is -0.541. The van der Waals surface area contributed by atoms with Crippen molar-refractivity contribution in [2.24, 2.45) is 0 Å². The zero-order valence-corrected chi connectivity index (χ0v) is 12.4. The number of ether oxygens (including phenoxy) is 2. The second kappa shape index (κ2) is 6.59. The van der Waals surface area contributed by atoms with Crippen molar-refractivity contribution >= 4 is 11.5 Å². The number of hydrogen-bond donors (Lipinski definition) is 0. The van der Waals surface area contributed by atoms with Gasteiger partial charge in [-0.05, 0) is 17.7 Å². The minimum absolute atomic E-state index is 0.183. The normalized spacial score (nSPS) is 9.68. The van der Waals surface area contributed by atoms with Crippen LogP contribution in [0, 0.1) is 11.3 Å². The molecule has 0 radical (unpaired) electrons. The van der Waals surface area contributed by atoms with Gasteiger partial charge >= 0.3 is 5.97 Å². The van der Waals surface area contributed by atoms with Crippen molar-refractivity contribution in [3.63, 3.8) is 0 Å². The molecule has 0 amide bonds. The average Bonchev–Trinajstić information content (AvgIpc) is 2.59. The van der Waals surface area contributed by atoms with E-state index in [0.717, 1.165) is 0 Å². The molecule has 2 aromatic carbocycles. The maximum absolute atomic E-state index is 11.9. The highest BCUT2D eigenvalue weighted by atomic mass is 16.5. The van der Waals surface area contributed by atoms with Gasteiger partial charge in [0.15, 0.2) is 0 Å². The fourth-order valence-corrected chi connectivity index (χ4v) is 2.28. The zero-order chi connectivity index (χ0) is 16.1. The first-order valence-electron chi connectivity index (χ1n) is 6.58. The molecule has 4 heteroatoms. The summed E-state index contributed by atoms with van der Waals surface area (Å²) in [7, 11) is 2.81. The molecule has 0 fully saturated rings. The van der Waals surface area contributed by atoms with Crippen molar-refractivity contribution in [3.8, 4) is 22.9 Å². The Bertz CT molecular complexity index is 772. The smallest absolute Gasteiger partial charge is 0.338 e. The van der Waals surface area contributed by atoms with Gasteiger partial charge in [0, 0.05) is 11.1 Å². The lowest BCUT2D eigenvalue weighted by Gasteiger charge is -2.15. The molecule has 0 bridgehead atoms. The molecule has 0 unspecified atom stereocenters. The highest BCUT2D eigenvalue weighted by molar-refractivity contribution is 6.18. The third-order valence-electron chi connectivity index (χ3n) is 3.32. The summed E-state index contributed by atoms with van der Waals surface area (Å²) in [4.78, 5) is 11.9. The third-order valence-corrected chi connectivity index (χ3v) is 3.32. The molecular formula is C18H15NO3. The molecule has 0 spiro atoms. The molecule has 0 N–H and O–H groups in total. The first-order chi connectivity index (χ1) is 10.6.